The van der Waals surface area contributed by atoms with E-state index in [9.17, 15) is 9.90 Å². The maximum atomic E-state index is 11.1. The predicted octanol–water partition coefficient (Wildman–Crippen LogP) is 1.23. The lowest BCUT2D eigenvalue weighted by Crippen LogP contribution is -2.41. The molecule has 1 aromatic rings. The molecule has 0 saturated carbocycles. The Morgan fingerprint density at radius 2 is 2.16 bits per heavy atom. The molecule has 0 radical (unpaired) electrons. The molecule has 1 aromatic carbocycles. The molecular formula is C13H18ClNO4. The first kappa shape index (κ1) is 15.8. The van der Waals surface area contributed by atoms with Crippen molar-refractivity contribution in [2.24, 2.45) is 0 Å². The highest BCUT2D eigenvalue weighted by molar-refractivity contribution is 6.32. The molecule has 1 rings (SSSR count). The highest BCUT2D eigenvalue weighted by atomic mass is 35.5. The average molecular weight is 288 g/mol. The van der Waals surface area contributed by atoms with Gasteiger partial charge < -0.3 is 19.9 Å². The Morgan fingerprint density at radius 1 is 1.47 bits per heavy atom. The summed E-state index contributed by atoms with van der Waals surface area (Å²) in [5, 5.41) is 13.1. The summed E-state index contributed by atoms with van der Waals surface area (Å²) in [6.45, 7) is 1.97. The Labute approximate surface area is 117 Å². The predicted molar refractivity (Wildman–Crippen MR) is 72.4 cm³/mol. The van der Waals surface area contributed by atoms with Crippen LogP contribution in [0.25, 0.3) is 0 Å². The number of carbonyl (C=O) groups excluding carboxylic acids is 1. The van der Waals surface area contributed by atoms with Crippen molar-refractivity contribution in [3.8, 4) is 5.75 Å². The van der Waals surface area contributed by atoms with E-state index in [-0.39, 0.29) is 19.1 Å². The zero-order valence-corrected chi connectivity index (χ0v) is 11.7. The van der Waals surface area contributed by atoms with Gasteiger partial charge in [0.25, 0.3) is 0 Å². The standard InChI is InChI=1S/C13H18ClNO4/c1-9(13(17)18-2)15-7-10(16)8-19-12-6-4-3-5-11(12)14/h3-6,9-10,15-16H,7-8H2,1-2H3. The second kappa shape index (κ2) is 7.99. The van der Waals surface area contributed by atoms with Crippen molar-refractivity contribution in [3.63, 3.8) is 0 Å². The molecule has 0 aliphatic rings. The number of carbonyl (C=O) groups is 1. The van der Waals surface area contributed by atoms with Crippen LogP contribution in [0.15, 0.2) is 24.3 Å². The van der Waals surface area contributed by atoms with Crippen LogP contribution in [0, 0.1) is 0 Å². The third-order valence-electron chi connectivity index (χ3n) is 2.48. The van der Waals surface area contributed by atoms with E-state index >= 15 is 0 Å². The zero-order chi connectivity index (χ0) is 14.3. The molecule has 0 aliphatic carbocycles. The quantitative estimate of drug-likeness (QED) is 0.739. The molecule has 0 saturated heterocycles. The van der Waals surface area contributed by atoms with Crippen molar-refractivity contribution in [3.05, 3.63) is 29.3 Å². The normalized spacial score (nSPS) is 13.7. The van der Waals surface area contributed by atoms with Crippen molar-refractivity contribution < 1.29 is 19.4 Å². The highest BCUT2D eigenvalue weighted by Crippen LogP contribution is 2.22. The fourth-order valence-electron chi connectivity index (χ4n) is 1.38. The number of hydrogen-bond acceptors (Lipinski definition) is 5. The summed E-state index contributed by atoms with van der Waals surface area (Å²) in [6.07, 6.45) is -0.747. The minimum absolute atomic E-state index is 0.0879. The molecular weight excluding hydrogens is 270 g/mol. The molecule has 0 aliphatic heterocycles. The topological polar surface area (TPSA) is 67.8 Å². The highest BCUT2D eigenvalue weighted by Gasteiger charge is 2.14. The van der Waals surface area contributed by atoms with Gasteiger partial charge in [0, 0.05) is 6.54 Å². The van der Waals surface area contributed by atoms with Gasteiger partial charge in [0.1, 0.15) is 24.5 Å². The SMILES string of the molecule is COC(=O)C(C)NCC(O)COc1ccccc1Cl. The molecule has 5 nitrogen and oxygen atoms in total. The molecule has 2 atom stereocenters. The minimum atomic E-state index is -0.747. The second-order valence-corrected chi connectivity index (χ2v) is 4.46. The zero-order valence-electron chi connectivity index (χ0n) is 10.9. The Morgan fingerprint density at radius 3 is 2.79 bits per heavy atom. The van der Waals surface area contributed by atoms with Gasteiger partial charge in [0.05, 0.1) is 12.1 Å². The van der Waals surface area contributed by atoms with Crippen molar-refractivity contribution in [2.75, 3.05) is 20.3 Å². The summed E-state index contributed by atoms with van der Waals surface area (Å²) in [5.41, 5.74) is 0. The Kier molecular flexibility index (Phi) is 6.62. The Bertz CT molecular complexity index is 413. The van der Waals surface area contributed by atoms with Crippen LogP contribution >= 0.6 is 11.6 Å². The monoisotopic (exact) mass is 287 g/mol. The summed E-state index contributed by atoms with van der Waals surface area (Å²) >= 11 is 5.91. The van der Waals surface area contributed by atoms with E-state index in [4.69, 9.17) is 16.3 Å². The van der Waals surface area contributed by atoms with Gasteiger partial charge in [-0.25, -0.2) is 0 Å². The molecule has 0 bridgehead atoms. The third-order valence-corrected chi connectivity index (χ3v) is 2.79. The third kappa shape index (κ3) is 5.46. The van der Waals surface area contributed by atoms with Gasteiger partial charge in [-0.05, 0) is 19.1 Å². The summed E-state index contributed by atoms with van der Waals surface area (Å²) in [5.74, 6) is 0.142. The molecule has 0 spiro atoms. The second-order valence-electron chi connectivity index (χ2n) is 4.05. The van der Waals surface area contributed by atoms with E-state index in [1.165, 1.54) is 7.11 Å². The van der Waals surface area contributed by atoms with Gasteiger partial charge in [-0.3, -0.25) is 4.79 Å². The average Bonchev–Trinajstić information content (AvgIpc) is 2.42. The van der Waals surface area contributed by atoms with Crippen LogP contribution in [0.2, 0.25) is 5.02 Å². The lowest BCUT2D eigenvalue weighted by Gasteiger charge is -2.16. The Balaban J connectivity index is 2.30. The van der Waals surface area contributed by atoms with E-state index < -0.39 is 12.1 Å². The number of halogens is 1. The number of methoxy groups -OCH3 is 1. The van der Waals surface area contributed by atoms with Crippen molar-refractivity contribution in [1.82, 2.24) is 5.32 Å². The fourth-order valence-corrected chi connectivity index (χ4v) is 1.57. The molecule has 0 heterocycles. The summed E-state index contributed by atoms with van der Waals surface area (Å²) in [4.78, 5) is 11.1. The number of esters is 1. The van der Waals surface area contributed by atoms with Crippen LogP contribution in [0.3, 0.4) is 0 Å². The van der Waals surface area contributed by atoms with Gasteiger partial charge in [-0.2, -0.15) is 0 Å². The summed E-state index contributed by atoms with van der Waals surface area (Å²) < 4.78 is 9.94. The largest absolute Gasteiger partial charge is 0.489 e. The number of nitrogens with one attached hydrogen (secondary N) is 1. The van der Waals surface area contributed by atoms with E-state index in [0.29, 0.717) is 10.8 Å². The molecule has 106 valence electrons. The van der Waals surface area contributed by atoms with E-state index in [1.807, 2.05) is 0 Å². The molecule has 0 fully saturated rings. The van der Waals surface area contributed by atoms with Crippen LogP contribution in [0.1, 0.15) is 6.92 Å². The van der Waals surface area contributed by atoms with Crippen molar-refractivity contribution in [1.29, 1.82) is 0 Å². The number of aliphatic hydroxyl groups excluding tert-OH is 1. The Hall–Kier alpha value is -1.30. The molecule has 2 N–H and O–H groups in total. The van der Waals surface area contributed by atoms with Crippen LogP contribution < -0.4 is 10.1 Å². The van der Waals surface area contributed by atoms with Crippen LogP contribution in [-0.2, 0) is 9.53 Å². The van der Waals surface area contributed by atoms with Crippen LogP contribution in [0.4, 0.5) is 0 Å². The molecule has 19 heavy (non-hydrogen) atoms. The van der Waals surface area contributed by atoms with Gasteiger partial charge >= 0.3 is 5.97 Å². The van der Waals surface area contributed by atoms with E-state index in [1.54, 1.807) is 31.2 Å². The minimum Gasteiger partial charge on any atom is -0.489 e. The van der Waals surface area contributed by atoms with Crippen molar-refractivity contribution >= 4 is 17.6 Å². The molecule has 0 aromatic heterocycles. The first-order valence-electron chi connectivity index (χ1n) is 5.91. The first-order chi connectivity index (χ1) is 9.04. The van der Waals surface area contributed by atoms with Crippen LogP contribution in [-0.4, -0.2) is 43.5 Å². The molecule has 2 unspecified atom stereocenters. The van der Waals surface area contributed by atoms with E-state index in [0.717, 1.165) is 0 Å². The smallest absolute Gasteiger partial charge is 0.322 e. The van der Waals surface area contributed by atoms with Crippen LogP contribution in [0.5, 0.6) is 5.75 Å². The summed E-state index contributed by atoms with van der Waals surface area (Å²) in [7, 11) is 1.32. The maximum absolute atomic E-state index is 11.1. The lowest BCUT2D eigenvalue weighted by atomic mass is 10.3. The van der Waals surface area contributed by atoms with E-state index in [2.05, 4.69) is 10.1 Å². The van der Waals surface area contributed by atoms with Gasteiger partial charge in [-0.1, -0.05) is 23.7 Å². The van der Waals surface area contributed by atoms with Gasteiger partial charge in [-0.15, -0.1) is 0 Å². The molecule has 0 amide bonds. The maximum Gasteiger partial charge on any atom is 0.322 e. The number of ether oxygens (including phenoxy) is 2. The van der Waals surface area contributed by atoms with Gasteiger partial charge in [0.15, 0.2) is 0 Å². The first-order valence-corrected chi connectivity index (χ1v) is 6.29. The molecule has 6 heteroatoms. The number of rotatable bonds is 7. The number of aliphatic hydroxyl groups is 1. The van der Waals surface area contributed by atoms with Gasteiger partial charge in [0.2, 0.25) is 0 Å². The van der Waals surface area contributed by atoms with Crippen molar-refractivity contribution in [2.45, 2.75) is 19.1 Å². The number of para-hydroxylation sites is 1. The number of benzene rings is 1. The number of hydrogen-bond donors (Lipinski definition) is 2. The lowest BCUT2D eigenvalue weighted by molar-refractivity contribution is -0.142. The fraction of sp³-hybridized carbons (Fsp3) is 0.462. The summed E-state index contributed by atoms with van der Waals surface area (Å²) in [6, 6.07) is 6.55.